The van der Waals surface area contributed by atoms with Crippen LogP contribution in [0.2, 0.25) is 0 Å². The number of fused-ring (bicyclic) bond motifs is 1. The maximum absolute atomic E-state index is 10.9. The molecule has 1 heterocycles. The lowest BCUT2D eigenvalue weighted by atomic mass is 9.87. The monoisotopic (exact) mass is 335 g/mol. The Morgan fingerprint density at radius 2 is 1.72 bits per heavy atom. The van der Waals surface area contributed by atoms with Gasteiger partial charge in [-0.1, -0.05) is 57.2 Å². The largest absolute Gasteiger partial charge is 0.480 e. The van der Waals surface area contributed by atoms with Crippen molar-refractivity contribution in [3.05, 3.63) is 54.1 Å². The molecule has 3 aromatic rings. The second-order valence-electron chi connectivity index (χ2n) is 6.99. The first-order valence-corrected chi connectivity index (χ1v) is 8.18. The second kappa shape index (κ2) is 6.51. The Balaban J connectivity index is 2.05. The minimum atomic E-state index is -0.932. The van der Waals surface area contributed by atoms with Crippen molar-refractivity contribution in [1.29, 1.82) is 0 Å². The molecule has 0 unspecified atom stereocenters. The number of carboxylic acid groups (broad SMARTS) is 1. The number of carboxylic acids is 1. The van der Waals surface area contributed by atoms with Crippen molar-refractivity contribution in [3.63, 3.8) is 0 Å². The molecule has 2 N–H and O–H groups in total. The van der Waals surface area contributed by atoms with Gasteiger partial charge in [-0.15, -0.1) is 0 Å². The first kappa shape index (κ1) is 16.9. The van der Waals surface area contributed by atoms with Gasteiger partial charge in [0.25, 0.3) is 0 Å². The van der Waals surface area contributed by atoms with E-state index < -0.39 is 5.97 Å². The molecular formula is C20H21N3O2. The molecular weight excluding hydrogens is 314 g/mol. The highest BCUT2D eigenvalue weighted by Gasteiger charge is 2.14. The van der Waals surface area contributed by atoms with E-state index in [1.807, 2.05) is 36.4 Å². The van der Waals surface area contributed by atoms with Crippen LogP contribution in [0.5, 0.6) is 0 Å². The van der Waals surface area contributed by atoms with E-state index in [9.17, 15) is 4.79 Å². The highest BCUT2D eigenvalue weighted by atomic mass is 16.4. The second-order valence-corrected chi connectivity index (χ2v) is 6.99. The minimum Gasteiger partial charge on any atom is -0.480 e. The van der Waals surface area contributed by atoms with E-state index in [0.29, 0.717) is 11.6 Å². The van der Waals surface area contributed by atoms with Gasteiger partial charge in [0.05, 0.1) is 5.52 Å². The summed E-state index contributed by atoms with van der Waals surface area (Å²) in [6.45, 7) is 6.32. The summed E-state index contributed by atoms with van der Waals surface area (Å²) in [5.41, 5.74) is 3.00. The molecule has 0 amide bonds. The van der Waals surface area contributed by atoms with Gasteiger partial charge < -0.3 is 10.4 Å². The van der Waals surface area contributed by atoms with Crippen LogP contribution >= 0.6 is 0 Å². The third-order valence-electron chi connectivity index (χ3n) is 4.02. The lowest BCUT2D eigenvalue weighted by Gasteiger charge is -2.19. The number of anilines is 1. The van der Waals surface area contributed by atoms with Crippen LogP contribution in [0.4, 0.5) is 5.82 Å². The zero-order chi connectivity index (χ0) is 18.0. The van der Waals surface area contributed by atoms with E-state index >= 15 is 0 Å². The average Bonchev–Trinajstić information content (AvgIpc) is 2.58. The van der Waals surface area contributed by atoms with E-state index in [1.54, 1.807) is 0 Å². The molecule has 2 aromatic carbocycles. The molecule has 0 bridgehead atoms. The Morgan fingerprint density at radius 1 is 1.04 bits per heavy atom. The number of carbonyl (C=O) groups is 1. The molecule has 0 aliphatic rings. The minimum absolute atomic E-state index is 0.0803. The Bertz CT molecular complexity index is 912. The third kappa shape index (κ3) is 3.76. The lowest BCUT2D eigenvalue weighted by molar-refractivity contribution is -0.134. The van der Waals surface area contributed by atoms with Gasteiger partial charge in [0, 0.05) is 10.9 Å². The number of aromatic nitrogens is 2. The number of nitrogens with zero attached hydrogens (tertiary/aromatic N) is 2. The number of nitrogens with one attached hydrogen (secondary N) is 1. The summed E-state index contributed by atoms with van der Waals surface area (Å²) in [7, 11) is 0. The summed E-state index contributed by atoms with van der Waals surface area (Å²) >= 11 is 0. The van der Waals surface area contributed by atoms with Crippen molar-refractivity contribution in [3.8, 4) is 11.4 Å². The molecule has 5 nitrogen and oxygen atoms in total. The Labute approximate surface area is 146 Å². The van der Waals surface area contributed by atoms with Crippen LogP contribution in [-0.4, -0.2) is 27.6 Å². The van der Waals surface area contributed by atoms with Gasteiger partial charge in [0.15, 0.2) is 5.82 Å². The van der Waals surface area contributed by atoms with Crippen LogP contribution in [-0.2, 0) is 10.2 Å². The fraction of sp³-hybridized carbons (Fsp3) is 0.250. The topological polar surface area (TPSA) is 75.1 Å². The van der Waals surface area contributed by atoms with Crippen molar-refractivity contribution >= 4 is 22.7 Å². The molecule has 0 fully saturated rings. The number of benzene rings is 2. The molecule has 3 rings (SSSR count). The van der Waals surface area contributed by atoms with Crippen LogP contribution in [0.1, 0.15) is 26.3 Å². The van der Waals surface area contributed by atoms with Crippen molar-refractivity contribution in [2.24, 2.45) is 0 Å². The quantitative estimate of drug-likeness (QED) is 0.751. The van der Waals surface area contributed by atoms with Gasteiger partial charge in [-0.3, -0.25) is 4.79 Å². The van der Waals surface area contributed by atoms with Crippen molar-refractivity contribution in [1.82, 2.24) is 9.97 Å². The van der Waals surface area contributed by atoms with E-state index in [1.165, 1.54) is 5.56 Å². The number of hydrogen-bond acceptors (Lipinski definition) is 4. The molecule has 0 radical (unpaired) electrons. The van der Waals surface area contributed by atoms with E-state index in [2.05, 4.69) is 48.2 Å². The molecule has 0 saturated carbocycles. The van der Waals surface area contributed by atoms with Gasteiger partial charge in [0.2, 0.25) is 0 Å². The van der Waals surface area contributed by atoms with Crippen molar-refractivity contribution < 1.29 is 9.90 Å². The van der Waals surface area contributed by atoms with Gasteiger partial charge >= 0.3 is 5.97 Å². The molecule has 128 valence electrons. The molecule has 0 saturated heterocycles. The molecule has 1 aromatic heterocycles. The molecule has 0 aliphatic carbocycles. The molecule has 0 atom stereocenters. The maximum atomic E-state index is 10.9. The van der Waals surface area contributed by atoms with Gasteiger partial charge in [-0.05, 0) is 23.1 Å². The zero-order valence-corrected chi connectivity index (χ0v) is 14.6. The summed E-state index contributed by atoms with van der Waals surface area (Å²) in [5.74, 6) is 0.175. The average molecular weight is 335 g/mol. The first-order chi connectivity index (χ1) is 11.8. The summed E-state index contributed by atoms with van der Waals surface area (Å²) in [5, 5.41) is 12.6. The first-order valence-electron chi connectivity index (χ1n) is 8.18. The predicted octanol–water partition coefficient (Wildman–Crippen LogP) is 4.09. The smallest absolute Gasteiger partial charge is 0.322 e. The molecule has 25 heavy (non-hydrogen) atoms. The fourth-order valence-corrected chi connectivity index (χ4v) is 2.62. The van der Waals surface area contributed by atoms with E-state index in [-0.39, 0.29) is 12.0 Å². The zero-order valence-electron chi connectivity index (χ0n) is 14.6. The summed E-state index contributed by atoms with van der Waals surface area (Å²) < 4.78 is 0. The Kier molecular flexibility index (Phi) is 4.40. The highest BCUT2D eigenvalue weighted by Crippen LogP contribution is 2.27. The predicted molar refractivity (Wildman–Crippen MR) is 99.8 cm³/mol. The number of aliphatic carboxylic acids is 1. The van der Waals surface area contributed by atoms with Crippen LogP contribution in [0, 0.1) is 0 Å². The fourth-order valence-electron chi connectivity index (χ4n) is 2.62. The van der Waals surface area contributed by atoms with E-state index in [0.717, 1.165) is 16.5 Å². The molecule has 0 spiro atoms. The Hall–Kier alpha value is -2.95. The van der Waals surface area contributed by atoms with Gasteiger partial charge in [0.1, 0.15) is 12.4 Å². The summed E-state index contributed by atoms with van der Waals surface area (Å²) in [6.07, 6.45) is 0. The van der Waals surface area contributed by atoms with E-state index in [4.69, 9.17) is 5.11 Å². The van der Waals surface area contributed by atoms with Crippen LogP contribution < -0.4 is 5.32 Å². The SMILES string of the molecule is CC(C)(C)c1ccc(-c2nc(NCC(=O)O)c3ccccc3n2)cc1. The highest BCUT2D eigenvalue weighted by molar-refractivity contribution is 5.91. The summed E-state index contributed by atoms with van der Waals surface area (Å²) in [6, 6.07) is 15.7. The van der Waals surface area contributed by atoms with Crippen LogP contribution in [0.25, 0.3) is 22.3 Å². The van der Waals surface area contributed by atoms with Crippen molar-refractivity contribution in [2.75, 3.05) is 11.9 Å². The third-order valence-corrected chi connectivity index (χ3v) is 4.02. The maximum Gasteiger partial charge on any atom is 0.322 e. The molecule has 0 aliphatic heterocycles. The van der Waals surface area contributed by atoms with Crippen molar-refractivity contribution in [2.45, 2.75) is 26.2 Å². The number of hydrogen-bond donors (Lipinski definition) is 2. The molecule has 5 heteroatoms. The standard InChI is InChI=1S/C20H21N3O2/c1-20(2,3)14-10-8-13(9-11-14)18-22-16-7-5-4-6-15(16)19(23-18)21-12-17(24)25/h4-11H,12H2,1-3H3,(H,24,25)(H,21,22,23). The number of rotatable bonds is 4. The van der Waals surface area contributed by atoms with Crippen LogP contribution in [0.3, 0.4) is 0 Å². The summed E-state index contributed by atoms with van der Waals surface area (Å²) in [4.78, 5) is 20.1. The van der Waals surface area contributed by atoms with Gasteiger partial charge in [-0.25, -0.2) is 9.97 Å². The van der Waals surface area contributed by atoms with Crippen LogP contribution in [0.15, 0.2) is 48.5 Å². The van der Waals surface area contributed by atoms with Gasteiger partial charge in [-0.2, -0.15) is 0 Å². The Morgan fingerprint density at radius 3 is 2.36 bits per heavy atom. The number of para-hydroxylation sites is 1. The normalized spacial score (nSPS) is 11.5. The lowest BCUT2D eigenvalue weighted by Crippen LogP contribution is -2.14.